The summed E-state index contributed by atoms with van der Waals surface area (Å²) in [5.41, 5.74) is 2.20. The van der Waals surface area contributed by atoms with Gasteiger partial charge in [0.05, 0.1) is 21.2 Å². The number of H-pyrrole nitrogens is 1. The van der Waals surface area contributed by atoms with Crippen LogP contribution < -0.4 is 15.5 Å². The number of nitrogens with one attached hydrogen (secondary N) is 3. The standard InChI is InChI=1S/C18H22BrN5O4/c19-11-7-20-16-14(12(8-21-16)23-17(25)13-4-2-6-28-13)15(11)24-5-1-3-10(9-24)22-18(26)27/h7-8,10,13,22H,1-6,9H2,(H,20,21)(H,23,25)(H,26,27). The summed E-state index contributed by atoms with van der Waals surface area (Å²) in [6.45, 7) is 1.95. The monoisotopic (exact) mass is 451 g/mol. The van der Waals surface area contributed by atoms with E-state index < -0.39 is 12.2 Å². The van der Waals surface area contributed by atoms with Crippen LogP contribution in [0, 0.1) is 0 Å². The number of piperidine rings is 1. The van der Waals surface area contributed by atoms with Gasteiger partial charge in [0.25, 0.3) is 5.91 Å². The maximum atomic E-state index is 12.5. The second-order valence-electron chi connectivity index (χ2n) is 7.11. The molecule has 2 atom stereocenters. The number of rotatable bonds is 4. The van der Waals surface area contributed by atoms with Crippen LogP contribution in [0.15, 0.2) is 16.9 Å². The first-order valence-electron chi connectivity index (χ1n) is 9.35. The first-order chi connectivity index (χ1) is 13.5. The Morgan fingerprint density at radius 3 is 2.96 bits per heavy atom. The number of carbonyl (C=O) groups is 2. The number of carbonyl (C=O) groups excluding carboxylic acids is 1. The van der Waals surface area contributed by atoms with Crippen LogP contribution in [0.4, 0.5) is 16.2 Å². The molecule has 0 radical (unpaired) electrons. The van der Waals surface area contributed by atoms with Gasteiger partial charge in [-0.2, -0.15) is 0 Å². The minimum absolute atomic E-state index is 0.148. The summed E-state index contributed by atoms with van der Waals surface area (Å²) in [7, 11) is 0. The summed E-state index contributed by atoms with van der Waals surface area (Å²) in [5, 5.41) is 15.4. The molecule has 150 valence electrons. The molecular weight excluding hydrogens is 430 g/mol. The van der Waals surface area contributed by atoms with E-state index in [0.29, 0.717) is 24.5 Å². The summed E-state index contributed by atoms with van der Waals surface area (Å²) >= 11 is 3.58. The second kappa shape index (κ2) is 7.96. The van der Waals surface area contributed by atoms with Gasteiger partial charge in [-0.15, -0.1) is 0 Å². The number of fused-ring (bicyclic) bond motifs is 1. The number of amides is 2. The molecule has 9 nitrogen and oxygen atoms in total. The van der Waals surface area contributed by atoms with Crippen molar-refractivity contribution in [3.05, 3.63) is 16.9 Å². The van der Waals surface area contributed by atoms with Crippen LogP contribution >= 0.6 is 15.9 Å². The maximum Gasteiger partial charge on any atom is 0.404 e. The summed E-state index contributed by atoms with van der Waals surface area (Å²) in [6, 6.07) is -0.148. The molecule has 4 N–H and O–H groups in total. The van der Waals surface area contributed by atoms with Crippen LogP contribution in [-0.4, -0.2) is 58.9 Å². The average molecular weight is 452 g/mol. The third-order valence-corrected chi connectivity index (χ3v) is 5.75. The molecule has 0 spiro atoms. The topological polar surface area (TPSA) is 120 Å². The van der Waals surface area contributed by atoms with E-state index in [-0.39, 0.29) is 11.9 Å². The van der Waals surface area contributed by atoms with Gasteiger partial charge in [-0.25, -0.2) is 9.78 Å². The lowest BCUT2D eigenvalue weighted by atomic mass is 10.0. The highest BCUT2D eigenvalue weighted by Gasteiger charge is 2.28. The van der Waals surface area contributed by atoms with Crippen molar-refractivity contribution in [2.45, 2.75) is 37.8 Å². The quantitative estimate of drug-likeness (QED) is 0.567. The maximum absolute atomic E-state index is 12.5. The van der Waals surface area contributed by atoms with E-state index in [2.05, 4.69) is 41.4 Å². The van der Waals surface area contributed by atoms with Crippen molar-refractivity contribution in [2.75, 3.05) is 29.9 Å². The number of carboxylic acid groups (broad SMARTS) is 1. The predicted octanol–water partition coefficient (Wildman–Crippen LogP) is 2.68. The summed E-state index contributed by atoms with van der Waals surface area (Å²) < 4.78 is 6.27. The normalized spacial score (nSPS) is 22.4. The van der Waals surface area contributed by atoms with Gasteiger partial charge in [0.2, 0.25) is 0 Å². The molecule has 10 heteroatoms. The van der Waals surface area contributed by atoms with E-state index in [4.69, 9.17) is 9.84 Å². The fourth-order valence-corrected chi connectivity index (χ4v) is 4.49. The third kappa shape index (κ3) is 3.79. The van der Waals surface area contributed by atoms with Crippen LogP contribution in [0.25, 0.3) is 11.0 Å². The first-order valence-corrected chi connectivity index (χ1v) is 10.1. The van der Waals surface area contributed by atoms with Crippen molar-refractivity contribution >= 4 is 50.3 Å². The molecule has 4 rings (SSSR count). The molecule has 0 saturated carbocycles. The number of hydrogen-bond acceptors (Lipinski definition) is 5. The minimum atomic E-state index is -1.02. The largest absolute Gasteiger partial charge is 0.465 e. The molecule has 2 unspecified atom stereocenters. The molecule has 4 heterocycles. The van der Waals surface area contributed by atoms with Crippen molar-refractivity contribution in [3.63, 3.8) is 0 Å². The van der Waals surface area contributed by atoms with Gasteiger partial charge in [0.1, 0.15) is 11.8 Å². The van der Waals surface area contributed by atoms with Gasteiger partial charge in [-0.05, 0) is 41.6 Å². The summed E-state index contributed by atoms with van der Waals surface area (Å²) in [4.78, 5) is 33.2. The number of nitrogens with zero attached hydrogens (tertiary/aromatic N) is 2. The highest BCUT2D eigenvalue weighted by molar-refractivity contribution is 9.10. The SMILES string of the molecule is O=C(O)NC1CCCN(c2c(Br)cnc3[nH]cc(NC(=O)C4CCCO4)c23)C1. The Morgan fingerprint density at radius 2 is 2.21 bits per heavy atom. The van der Waals surface area contributed by atoms with E-state index in [9.17, 15) is 9.59 Å². The average Bonchev–Trinajstić information content (AvgIpc) is 3.32. The van der Waals surface area contributed by atoms with Crippen molar-refractivity contribution in [1.29, 1.82) is 0 Å². The summed E-state index contributed by atoms with van der Waals surface area (Å²) in [5.74, 6) is -0.159. The molecule has 2 aliphatic heterocycles. The van der Waals surface area contributed by atoms with Crippen LogP contribution in [0.1, 0.15) is 25.7 Å². The van der Waals surface area contributed by atoms with Crippen LogP contribution in [0.2, 0.25) is 0 Å². The van der Waals surface area contributed by atoms with Crippen LogP contribution in [0.5, 0.6) is 0 Å². The number of pyridine rings is 1. The van der Waals surface area contributed by atoms with Crippen molar-refractivity contribution in [3.8, 4) is 0 Å². The molecule has 2 aliphatic rings. The van der Waals surface area contributed by atoms with Crippen molar-refractivity contribution in [2.24, 2.45) is 0 Å². The predicted molar refractivity (Wildman–Crippen MR) is 108 cm³/mol. The molecule has 0 bridgehead atoms. The van der Waals surface area contributed by atoms with Crippen LogP contribution in [0.3, 0.4) is 0 Å². The molecule has 28 heavy (non-hydrogen) atoms. The van der Waals surface area contributed by atoms with Gasteiger partial charge < -0.3 is 30.4 Å². The number of halogens is 1. The Morgan fingerprint density at radius 1 is 1.36 bits per heavy atom. The zero-order valence-corrected chi connectivity index (χ0v) is 16.8. The molecule has 2 aromatic rings. The smallest absolute Gasteiger partial charge is 0.404 e. The Balaban J connectivity index is 1.65. The van der Waals surface area contributed by atoms with E-state index in [1.165, 1.54) is 0 Å². The fourth-order valence-electron chi connectivity index (χ4n) is 3.93. The Labute approximate surface area is 170 Å². The van der Waals surface area contributed by atoms with E-state index in [1.54, 1.807) is 12.4 Å². The highest BCUT2D eigenvalue weighted by atomic mass is 79.9. The van der Waals surface area contributed by atoms with Crippen molar-refractivity contribution < 1.29 is 19.4 Å². The highest BCUT2D eigenvalue weighted by Crippen LogP contribution is 2.39. The molecule has 0 aliphatic carbocycles. The molecule has 2 fully saturated rings. The molecule has 2 saturated heterocycles. The number of anilines is 2. The lowest BCUT2D eigenvalue weighted by Crippen LogP contribution is -2.47. The molecule has 2 amide bonds. The fraction of sp³-hybridized carbons (Fsp3) is 0.500. The van der Waals surface area contributed by atoms with E-state index >= 15 is 0 Å². The van der Waals surface area contributed by atoms with Gasteiger partial charge in [0.15, 0.2) is 0 Å². The van der Waals surface area contributed by atoms with Crippen molar-refractivity contribution in [1.82, 2.24) is 15.3 Å². The number of hydrogen-bond donors (Lipinski definition) is 4. The van der Waals surface area contributed by atoms with Gasteiger partial charge in [-0.1, -0.05) is 0 Å². The molecule has 2 aromatic heterocycles. The Kier molecular flexibility index (Phi) is 5.40. The Hall–Kier alpha value is -2.33. The summed E-state index contributed by atoms with van der Waals surface area (Å²) in [6.07, 6.45) is 5.27. The number of ether oxygens (including phenoxy) is 1. The lowest BCUT2D eigenvalue weighted by Gasteiger charge is -2.35. The second-order valence-corrected chi connectivity index (χ2v) is 7.96. The Bertz CT molecular complexity index is 895. The zero-order chi connectivity index (χ0) is 19.7. The first kappa shape index (κ1) is 19.0. The minimum Gasteiger partial charge on any atom is -0.465 e. The number of aromatic nitrogens is 2. The number of aromatic amines is 1. The lowest BCUT2D eigenvalue weighted by molar-refractivity contribution is -0.124. The van der Waals surface area contributed by atoms with Crippen LogP contribution in [-0.2, 0) is 9.53 Å². The van der Waals surface area contributed by atoms with Gasteiger partial charge in [0, 0.05) is 38.1 Å². The third-order valence-electron chi connectivity index (χ3n) is 5.17. The van der Waals surface area contributed by atoms with Gasteiger partial charge in [-0.3, -0.25) is 4.79 Å². The van der Waals surface area contributed by atoms with Gasteiger partial charge >= 0.3 is 6.09 Å². The molecule has 0 aromatic carbocycles. The zero-order valence-electron chi connectivity index (χ0n) is 15.2. The van der Waals surface area contributed by atoms with E-state index in [0.717, 1.165) is 47.8 Å². The molecular formula is C18H22BrN5O4. The van der Waals surface area contributed by atoms with E-state index in [1.807, 2.05) is 0 Å².